The smallest absolute Gasteiger partial charge is 0.407 e. The molecule has 2 fully saturated rings. The van der Waals surface area contributed by atoms with Crippen LogP contribution in [0.2, 0.25) is 0 Å². The number of carboxylic acid groups (broad SMARTS) is 1. The van der Waals surface area contributed by atoms with Crippen LogP contribution in [0.3, 0.4) is 0 Å². The van der Waals surface area contributed by atoms with Crippen LogP contribution in [0.5, 0.6) is 0 Å². The Morgan fingerprint density at radius 3 is 2.64 bits per heavy atom. The minimum Gasteiger partial charge on any atom is -0.465 e. The lowest BCUT2D eigenvalue weighted by Gasteiger charge is -2.32. The van der Waals surface area contributed by atoms with Crippen molar-refractivity contribution in [2.45, 2.75) is 44.2 Å². The van der Waals surface area contributed by atoms with Gasteiger partial charge in [-0.2, -0.15) is 0 Å². The predicted molar refractivity (Wildman–Crippen MR) is 51.1 cm³/mol. The SMILES string of the molecule is CC[C@@H]1N(C(=O)O)CC[C@@]1(O)C1CC1. The fourth-order valence-corrected chi connectivity index (χ4v) is 2.75. The molecule has 0 aromatic rings. The topological polar surface area (TPSA) is 60.8 Å². The van der Waals surface area contributed by atoms with Gasteiger partial charge >= 0.3 is 6.09 Å². The molecule has 1 saturated carbocycles. The van der Waals surface area contributed by atoms with Gasteiger partial charge in [0.1, 0.15) is 0 Å². The zero-order valence-corrected chi connectivity index (χ0v) is 8.44. The molecule has 0 aromatic heterocycles. The van der Waals surface area contributed by atoms with Gasteiger partial charge < -0.3 is 15.1 Å². The van der Waals surface area contributed by atoms with Crippen LogP contribution in [0.1, 0.15) is 32.6 Å². The molecule has 4 heteroatoms. The zero-order valence-electron chi connectivity index (χ0n) is 8.44. The van der Waals surface area contributed by atoms with Gasteiger partial charge in [-0.1, -0.05) is 6.92 Å². The molecule has 80 valence electrons. The molecular formula is C10H17NO3. The first kappa shape index (κ1) is 9.77. The van der Waals surface area contributed by atoms with Gasteiger partial charge in [0.2, 0.25) is 0 Å². The van der Waals surface area contributed by atoms with Gasteiger partial charge in [0.05, 0.1) is 11.6 Å². The second-order valence-electron chi connectivity index (χ2n) is 4.42. The lowest BCUT2D eigenvalue weighted by molar-refractivity contribution is -0.0150. The Hall–Kier alpha value is -0.770. The molecule has 1 heterocycles. The third-order valence-electron chi connectivity index (χ3n) is 3.62. The van der Waals surface area contributed by atoms with Crippen molar-refractivity contribution in [3.63, 3.8) is 0 Å². The first-order valence-electron chi connectivity index (χ1n) is 5.31. The fourth-order valence-electron chi connectivity index (χ4n) is 2.75. The van der Waals surface area contributed by atoms with E-state index in [-0.39, 0.29) is 6.04 Å². The van der Waals surface area contributed by atoms with E-state index in [0.29, 0.717) is 25.3 Å². The van der Waals surface area contributed by atoms with E-state index in [1.54, 1.807) is 0 Å². The van der Waals surface area contributed by atoms with Gasteiger partial charge in [-0.05, 0) is 31.6 Å². The molecule has 4 nitrogen and oxygen atoms in total. The molecular weight excluding hydrogens is 182 g/mol. The van der Waals surface area contributed by atoms with Crippen molar-refractivity contribution in [2.24, 2.45) is 5.92 Å². The molecule has 0 radical (unpaired) electrons. The molecule has 1 saturated heterocycles. The largest absolute Gasteiger partial charge is 0.465 e. The Bertz CT molecular complexity index is 252. The van der Waals surface area contributed by atoms with Crippen LogP contribution < -0.4 is 0 Å². The van der Waals surface area contributed by atoms with Gasteiger partial charge in [-0.15, -0.1) is 0 Å². The number of rotatable bonds is 2. The molecule has 1 aliphatic carbocycles. The summed E-state index contributed by atoms with van der Waals surface area (Å²) in [6, 6.07) is -0.188. The monoisotopic (exact) mass is 199 g/mol. The number of aliphatic hydroxyl groups is 1. The highest BCUT2D eigenvalue weighted by Crippen LogP contribution is 2.48. The fraction of sp³-hybridized carbons (Fsp3) is 0.900. The van der Waals surface area contributed by atoms with Crippen LogP contribution >= 0.6 is 0 Å². The van der Waals surface area contributed by atoms with Crippen LogP contribution in [0.4, 0.5) is 4.79 Å². The van der Waals surface area contributed by atoms with Crippen molar-refractivity contribution in [2.75, 3.05) is 6.54 Å². The molecule has 0 unspecified atom stereocenters. The highest BCUT2D eigenvalue weighted by Gasteiger charge is 2.55. The summed E-state index contributed by atoms with van der Waals surface area (Å²) in [6.45, 7) is 2.43. The first-order chi connectivity index (χ1) is 6.59. The van der Waals surface area contributed by atoms with Crippen molar-refractivity contribution in [3.8, 4) is 0 Å². The molecule has 2 aliphatic rings. The normalized spacial score (nSPS) is 37.6. The third-order valence-corrected chi connectivity index (χ3v) is 3.62. The summed E-state index contributed by atoms with van der Waals surface area (Å²) in [7, 11) is 0. The van der Waals surface area contributed by atoms with Crippen LogP contribution in [-0.2, 0) is 0 Å². The Morgan fingerprint density at radius 2 is 2.21 bits per heavy atom. The van der Waals surface area contributed by atoms with Gasteiger partial charge in [0.15, 0.2) is 0 Å². The summed E-state index contributed by atoms with van der Waals surface area (Å²) in [5.74, 6) is 0.344. The maximum atomic E-state index is 10.9. The average Bonchev–Trinajstić information content (AvgIpc) is 2.91. The maximum absolute atomic E-state index is 10.9. The zero-order chi connectivity index (χ0) is 10.3. The van der Waals surface area contributed by atoms with E-state index in [1.807, 2.05) is 6.92 Å². The predicted octanol–water partition coefficient (Wildman–Crippen LogP) is 1.29. The Labute approximate surface area is 83.5 Å². The third kappa shape index (κ3) is 1.29. The molecule has 1 aliphatic heterocycles. The van der Waals surface area contributed by atoms with E-state index < -0.39 is 11.7 Å². The van der Waals surface area contributed by atoms with Gasteiger partial charge in [0.25, 0.3) is 0 Å². The second kappa shape index (κ2) is 3.12. The van der Waals surface area contributed by atoms with E-state index in [2.05, 4.69) is 0 Å². The standard InChI is InChI=1S/C10H17NO3/c1-2-8-10(14,7-3-4-7)5-6-11(8)9(12)13/h7-8,14H,2-6H2,1H3,(H,12,13)/t8-,10+/m0/s1. The van der Waals surface area contributed by atoms with Crippen molar-refractivity contribution in [3.05, 3.63) is 0 Å². The van der Waals surface area contributed by atoms with Gasteiger partial charge in [-0.25, -0.2) is 4.79 Å². The average molecular weight is 199 g/mol. The summed E-state index contributed by atoms with van der Waals surface area (Å²) in [6.07, 6.45) is 2.54. The van der Waals surface area contributed by atoms with E-state index >= 15 is 0 Å². The molecule has 0 aromatic carbocycles. The second-order valence-corrected chi connectivity index (χ2v) is 4.42. The number of hydrogen-bond donors (Lipinski definition) is 2. The summed E-state index contributed by atoms with van der Waals surface area (Å²) >= 11 is 0. The molecule has 0 spiro atoms. The van der Waals surface area contributed by atoms with Crippen molar-refractivity contribution in [1.29, 1.82) is 0 Å². The van der Waals surface area contributed by atoms with Gasteiger partial charge in [0, 0.05) is 6.54 Å². The van der Waals surface area contributed by atoms with Crippen molar-refractivity contribution >= 4 is 6.09 Å². The molecule has 2 rings (SSSR count). The van der Waals surface area contributed by atoms with E-state index in [1.165, 1.54) is 4.90 Å². The highest BCUT2D eigenvalue weighted by molar-refractivity contribution is 5.66. The number of hydrogen-bond acceptors (Lipinski definition) is 2. The Balaban J connectivity index is 2.17. The van der Waals surface area contributed by atoms with Crippen molar-refractivity contribution < 1.29 is 15.0 Å². The number of likely N-dealkylation sites (tertiary alicyclic amines) is 1. The highest BCUT2D eigenvalue weighted by atomic mass is 16.4. The number of nitrogens with zero attached hydrogens (tertiary/aromatic N) is 1. The number of carbonyl (C=O) groups is 1. The quantitative estimate of drug-likeness (QED) is 0.704. The Morgan fingerprint density at radius 1 is 1.57 bits per heavy atom. The van der Waals surface area contributed by atoms with E-state index in [0.717, 1.165) is 12.8 Å². The number of amides is 1. The minimum absolute atomic E-state index is 0.188. The molecule has 2 N–H and O–H groups in total. The molecule has 1 amide bonds. The Kier molecular flexibility index (Phi) is 2.18. The van der Waals surface area contributed by atoms with Crippen LogP contribution in [0, 0.1) is 5.92 Å². The van der Waals surface area contributed by atoms with Gasteiger partial charge in [-0.3, -0.25) is 0 Å². The van der Waals surface area contributed by atoms with E-state index in [4.69, 9.17) is 5.11 Å². The summed E-state index contributed by atoms with van der Waals surface area (Å²) in [5, 5.41) is 19.4. The van der Waals surface area contributed by atoms with E-state index in [9.17, 15) is 9.90 Å². The maximum Gasteiger partial charge on any atom is 0.407 e. The molecule has 2 atom stereocenters. The lowest BCUT2D eigenvalue weighted by Crippen LogP contribution is -2.47. The van der Waals surface area contributed by atoms with Crippen LogP contribution in [0.15, 0.2) is 0 Å². The lowest BCUT2D eigenvalue weighted by atomic mass is 9.87. The van der Waals surface area contributed by atoms with Crippen molar-refractivity contribution in [1.82, 2.24) is 4.90 Å². The molecule has 0 bridgehead atoms. The summed E-state index contributed by atoms with van der Waals surface area (Å²) < 4.78 is 0. The van der Waals surface area contributed by atoms with Crippen LogP contribution in [0.25, 0.3) is 0 Å². The summed E-state index contributed by atoms with van der Waals surface area (Å²) in [4.78, 5) is 12.3. The molecule has 14 heavy (non-hydrogen) atoms. The first-order valence-corrected chi connectivity index (χ1v) is 5.31. The summed E-state index contributed by atoms with van der Waals surface area (Å²) in [5.41, 5.74) is -0.729. The minimum atomic E-state index is -0.895. The van der Waals surface area contributed by atoms with Crippen LogP contribution in [-0.4, -0.2) is 39.4 Å².